The molecule has 0 fully saturated rings. The van der Waals surface area contributed by atoms with E-state index in [2.05, 4.69) is 5.32 Å². The van der Waals surface area contributed by atoms with Gasteiger partial charge in [-0.05, 0) is 17.7 Å². The molecule has 0 saturated heterocycles. The van der Waals surface area contributed by atoms with Crippen molar-refractivity contribution in [2.75, 3.05) is 34.2 Å². The molecular weight excluding hydrogens is 266 g/mol. The molecule has 0 spiro atoms. The number of fused-ring (bicyclic) bond motifs is 1. The van der Waals surface area contributed by atoms with Gasteiger partial charge in [0, 0.05) is 13.7 Å². The van der Waals surface area contributed by atoms with Crippen LogP contribution in [-0.4, -0.2) is 45.2 Å². The number of hydrogen-bond donors (Lipinski definition) is 2. The third kappa shape index (κ3) is 2.94. The summed E-state index contributed by atoms with van der Waals surface area (Å²) in [6.45, 7) is 0.944. The van der Waals surface area contributed by atoms with Crippen LogP contribution in [0.25, 0.3) is 0 Å². The number of nitrogens with one attached hydrogen (secondary N) is 1. The van der Waals surface area contributed by atoms with E-state index in [1.54, 1.807) is 19.2 Å². The van der Waals surface area contributed by atoms with Gasteiger partial charge in [0.05, 0.1) is 13.7 Å². The Morgan fingerprint density at radius 3 is 2.90 bits per heavy atom. The molecule has 2 N–H and O–H groups in total. The average molecular weight is 283 g/mol. The average Bonchev–Trinajstić information content (AvgIpc) is 2.90. The van der Waals surface area contributed by atoms with E-state index in [1.165, 1.54) is 7.11 Å². The van der Waals surface area contributed by atoms with Crippen LogP contribution in [0.5, 0.6) is 17.2 Å². The van der Waals surface area contributed by atoms with E-state index in [-0.39, 0.29) is 6.79 Å². The molecule has 7 nitrogen and oxygen atoms in total. The lowest BCUT2D eigenvalue weighted by Crippen LogP contribution is -2.31. The van der Waals surface area contributed by atoms with Gasteiger partial charge >= 0.3 is 5.97 Å². The van der Waals surface area contributed by atoms with Crippen molar-refractivity contribution >= 4 is 5.97 Å². The van der Waals surface area contributed by atoms with Gasteiger partial charge in [-0.2, -0.15) is 0 Å². The number of hydrogen-bond acceptors (Lipinski definition) is 6. The van der Waals surface area contributed by atoms with E-state index in [1.807, 2.05) is 0 Å². The van der Waals surface area contributed by atoms with Crippen molar-refractivity contribution in [3.8, 4) is 17.2 Å². The van der Waals surface area contributed by atoms with E-state index in [0.717, 1.165) is 0 Å². The highest BCUT2D eigenvalue weighted by Crippen LogP contribution is 2.42. The molecule has 110 valence electrons. The number of ether oxygens (including phenoxy) is 4. The molecule has 1 unspecified atom stereocenters. The lowest BCUT2D eigenvalue weighted by atomic mass is 10.1. The highest BCUT2D eigenvalue weighted by atomic mass is 16.7. The van der Waals surface area contributed by atoms with Gasteiger partial charge in [-0.25, -0.2) is 0 Å². The molecule has 0 bridgehead atoms. The Morgan fingerprint density at radius 2 is 2.25 bits per heavy atom. The first-order chi connectivity index (χ1) is 9.67. The molecule has 20 heavy (non-hydrogen) atoms. The monoisotopic (exact) mass is 283 g/mol. The van der Waals surface area contributed by atoms with Crippen LogP contribution >= 0.6 is 0 Å². The molecule has 0 radical (unpaired) electrons. The molecule has 1 atom stereocenters. The van der Waals surface area contributed by atoms with Gasteiger partial charge in [-0.3, -0.25) is 10.1 Å². The van der Waals surface area contributed by atoms with Crippen molar-refractivity contribution in [2.24, 2.45) is 0 Å². The van der Waals surface area contributed by atoms with Crippen molar-refractivity contribution in [1.29, 1.82) is 0 Å². The Bertz CT molecular complexity index is 490. The van der Waals surface area contributed by atoms with E-state index in [9.17, 15) is 9.90 Å². The molecule has 1 aliphatic rings. The highest BCUT2D eigenvalue weighted by molar-refractivity contribution is 5.76. The second-order valence-electron chi connectivity index (χ2n) is 4.18. The van der Waals surface area contributed by atoms with Crippen LogP contribution in [0.15, 0.2) is 12.1 Å². The number of methoxy groups -OCH3 is 2. The van der Waals surface area contributed by atoms with Crippen molar-refractivity contribution in [2.45, 2.75) is 6.04 Å². The van der Waals surface area contributed by atoms with Gasteiger partial charge in [0.1, 0.15) is 6.04 Å². The first-order valence-electron chi connectivity index (χ1n) is 6.10. The van der Waals surface area contributed by atoms with Crippen molar-refractivity contribution in [1.82, 2.24) is 5.32 Å². The summed E-state index contributed by atoms with van der Waals surface area (Å²) in [5.41, 5.74) is 0.537. The van der Waals surface area contributed by atoms with Crippen LogP contribution in [0.2, 0.25) is 0 Å². The van der Waals surface area contributed by atoms with Crippen molar-refractivity contribution in [3.63, 3.8) is 0 Å². The predicted octanol–water partition coefficient (Wildman–Crippen LogP) is 0.786. The van der Waals surface area contributed by atoms with Gasteiger partial charge < -0.3 is 24.1 Å². The van der Waals surface area contributed by atoms with Crippen LogP contribution < -0.4 is 19.5 Å². The minimum Gasteiger partial charge on any atom is -0.493 e. The maximum Gasteiger partial charge on any atom is 0.325 e. The maximum atomic E-state index is 11.4. The summed E-state index contributed by atoms with van der Waals surface area (Å²) in [7, 11) is 3.05. The molecule has 1 heterocycles. The summed E-state index contributed by atoms with van der Waals surface area (Å²) < 4.78 is 20.7. The van der Waals surface area contributed by atoms with Crippen LogP contribution in [-0.2, 0) is 9.53 Å². The normalized spacial score (nSPS) is 14.1. The molecule has 1 aliphatic heterocycles. The smallest absolute Gasteiger partial charge is 0.325 e. The quantitative estimate of drug-likeness (QED) is 0.715. The third-order valence-corrected chi connectivity index (χ3v) is 2.92. The van der Waals surface area contributed by atoms with Gasteiger partial charge in [0.15, 0.2) is 11.5 Å². The van der Waals surface area contributed by atoms with Gasteiger partial charge in [-0.15, -0.1) is 0 Å². The summed E-state index contributed by atoms with van der Waals surface area (Å²) in [5.74, 6) is 0.452. The second kappa shape index (κ2) is 6.44. The minimum atomic E-state index is -0.984. The lowest BCUT2D eigenvalue weighted by molar-refractivity contribution is -0.139. The van der Waals surface area contributed by atoms with Crippen molar-refractivity contribution in [3.05, 3.63) is 17.7 Å². The number of carboxylic acid groups (broad SMARTS) is 1. The standard InChI is InChI=1S/C13H17NO6/c1-17-4-3-14-11(13(15)16)8-5-9(18-2)12-10(6-8)19-7-20-12/h5-6,11,14H,3-4,7H2,1-2H3,(H,15,16). The van der Waals surface area contributed by atoms with Crippen LogP contribution in [0.1, 0.15) is 11.6 Å². The largest absolute Gasteiger partial charge is 0.493 e. The molecule has 2 rings (SSSR count). The topological polar surface area (TPSA) is 86.3 Å². The van der Waals surface area contributed by atoms with Crippen molar-refractivity contribution < 1.29 is 28.8 Å². The zero-order chi connectivity index (χ0) is 14.5. The number of carboxylic acids is 1. The number of carbonyl (C=O) groups is 1. The lowest BCUT2D eigenvalue weighted by Gasteiger charge is -2.16. The second-order valence-corrected chi connectivity index (χ2v) is 4.18. The van der Waals surface area contributed by atoms with E-state index >= 15 is 0 Å². The molecule has 1 aromatic carbocycles. The predicted molar refractivity (Wildman–Crippen MR) is 69.4 cm³/mol. The number of benzene rings is 1. The fourth-order valence-corrected chi connectivity index (χ4v) is 1.97. The summed E-state index contributed by atoms with van der Waals surface area (Å²) in [6, 6.07) is 2.41. The maximum absolute atomic E-state index is 11.4. The molecule has 0 aliphatic carbocycles. The summed E-state index contributed by atoms with van der Waals surface area (Å²) in [6.07, 6.45) is 0. The van der Waals surface area contributed by atoms with E-state index < -0.39 is 12.0 Å². The fourth-order valence-electron chi connectivity index (χ4n) is 1.97. The van der Waals surface area contributed by atoms with Gasteiger partial charge in [-0.1, -0.05) is 0 Å². The first kappa shape index (κ1) is 14.4. The summed E-state index contributed by atoms with van der Waals surface area (Å²) >= 11 is 0. The Kier molecular flexibility index (Phi) is 4.65. The third-order valence-electron chi connectivity index (χ3n) is 2.92. The fraction of sp³-hybridized carbons (Fsp3) is 0.462. The van der Waals surface area contributed by atoms with Gasteiger partial charge in [0.25, 0.3) is 0 Å². The molecule has 0 saturated carbocycles. The van der Waals surface area contributed by atoms with E-state index in [0.29, 0.717) is 36.0 Å². The zero-order valence-electron chi connectivity index (χ0n) is 11.3. The van der Waals surface area contributed by atoms with E-state index in [4.69, 9.17) is 18.9 Å². The summed E-state index contributed by atoms with van der Waals surface area (Å²) in [5, 5.41) is 12.2. The minimum absolute atomic E-state index is 0.101. The summed E-state index contributed by atoms with van der Waals surface area (Å²) in [4.78, 5) is 11.4. The Hall–Kier alpha value is -1.99. The molecule has 0 aromatic heterocycles. The highest BCUT2D eigenvalue weighted by Gasteiger charge is 2.26. The molecule has 7 heteroatoms. The SMILES string of the molecule is COCCNC(C(=O)O)c1cc(OC)c2c(c1)OCO2. The van der Waals surface area contributed by atoms with Crippen LogP contribution in [0.4, 0.5) is 0 Å². The van der Waals surface area contributed by atoms with Crippen LogP contribution in [0, 0.1) is 0 Å². The van der Waals surface area contributed by atoms with Crippen LogP contribution in [0.3, 0.4) is 0 Å². The Morgan fingerprint density at radius 1 is 1.45 bits per heavy atom. The van der Waals surface area contributed by atoms with Gasteiger partial charge in [0.2, 0.25) is 12.5 Å². The number of rotatable bonds is 7. The molecule has 1 aromatic rings. The molecular formula is C13H17NO6. The number of aliphatic carboxylic acids is 1. The first-order valence-corrected chi connectivity index (χ1v) is 6.10. The molecule has 0 amide bonds. The Labute approximate surface area is 116 Å². The Balaban J connectivity index is 2.26. The zero-order valence-corrected chi connectivity index (χ0v) is 11.3.